The summed E-state index contributed by atoms with van der Waals surface area (Å²) in [6.07, 6.45) is 1.17. The summed E-state index contributed by atoms with van der Waals surface area (Å²) < 4.78 is 10.7. The highest BCUT2D eigenvalue weighted by Crippen LogP contribution is 2.29. The van der Waals surface area contributed by atoms with Gasteiger partial charge >= 0.3 is 5.97 Å². The van der Waals surface area contributed by atoms with E-state index in [-0.39, 0.29) is 18.2 Å². The second-order valence-electron chi connectivity index (χ2n) is 3.85. The fraction of sp³-hybridized carbons (Fsp3) is 0.545. The molecule has 0 unspecified atom stereocenters. The van der Waals surface area contributed by atoms with E-state index < -0.39 is 12.1 Å². The average Bonchev–Trinajstić information content (AvgIpc) is 2.99. The number of amides is 1. The summed E-state index contributed by atoms with van der Waals surface area (Å²) in [7, 11) is 0. The average molecular weight is 349 g/mol. The standard InChI is InChI=1S/C11H13BrN2O4S/c1-2-17-10(16)7-8(12)19-11(13-7)14-9(15)6-4-3-5-18-6/h6H,2-5H2,1H3,(H,13,14,15)/t6-/m1/s1. The first-order chi connectivity index (χ1) is 9.11. The zero-order valence-electron chi connectivity index (χ0n) is 10.3. The molecule has 8 heteroatoms. The molecule has 0 saturated carbocycles. The Kier molecular flexibility index (Phi) is 4.89. The molecule has 1 aliphatic heterocycles. The molecule has 0 radical (unpaired) electrons. The summed E-state index contributed by atoms with van der Waals surface area (Å²) in [6.45, 7) is 2.60. The molecular formula is C11H13BrN2O4S. The van der Waals surface area contributed by atoms with Crippen molar-refractivity contribution in [3.05, 3.63) is 9.48 Å². The lowest BCUT2D eigenvalue weighted by atomic mass is 10.2. The van der Waals surface area contributed by atoms with Crippen LogP contribution in [0.15, 0.2) is 3.79 Å². The second kappa shape index (κ2) is 6.44. The van der Waals surface area contributed by atoms with Crippen molar-refractivity contribution in [1.82, 2.24) is 4.98 Å². The summed E-state index contributed by atoms with van der Waals surface area (Å²) in [5, 5.41) is 3.00. The van der Waals surface area contributed by atoms with Crippen molar-refractivity contribution in [2.45, 2.75) is 25.9 Å². The number of aromatic nitrogens is 1. The molecule has 1 aliphatic rings. The third kappa shape index (κ3) is 3.52. The molecule has 2 rings (SSSR count). The van der Waals surface area contributed by atoms with Crippen LogP contribution in [0.25, 0.3) is 0 Å². The number of hydrogen-bond donors (Lipinski definition) is 1. The third-order valence-corrected chi connectivity index (χ3v) is 4.13. The van der Waals surface area contributed by atoms with E-state index in [0.29, 0.717) is 21.9 Å². The van der Waals surface area contributed by atoms with Gasteiger partial charge in [0.1, 0.15) is 9.89 Å². The van der Waals surface area contributed by atoms with Crippen LogP contribution in [0, 0.1) is 0 Å². The lowest BCUT2D eigenvalue weighted by Gasteiger charge is -2.07. The first kappa shape index (κ1) is 14.4. The van der Waals surface area contributed by atoms with Gasteiger partial charge in [0.2, 0.25) is 0 Å². The summed E-state index contributed by atoms with van der Waals surface area (Å²) >= 11 is 4.41. The van der Waals surface area contributed by atoms with Crippen LogP contribution in [0.4, 0.5) is 5.13 Å². The second-order valence-corrected chi connectivity index (χ2v) is 6.17. The monoisotopic (exact) mass is 348 g/mol. The predicted molar refractivity (Wildman–Crippen MR) is 73.4 cm³/mol. The molecule has 1 amide bonds. The van der Waals surface area contributed by atoms with Crippen LogP contribution in [0.3, 0.4) is 0 Å². The molecule has 1 aromatic heterocycles. The number of carbonyl (C=O) groups excluding carboxylic acids is 2. The maximum atomic E-state index is 11.8. The maximum Gasteiger partial charge on any atom is 0.359 e. The van der Waals surface area contributed by atoms with Gasteiger partial charge in [-0.15, -0.1) is 0 Å². The van der Waals surface area contributed by atoms with E-state index in [4.69, 9.17) is 9.47 Å². The Morgan fingerprint density at radius 1 is 1.63 bits per heavy atom. The van der Waals surface area contributed by atoms with Gasteiger partial charge < -0.3 is 9.47 Å². The highest BCUT2D eigenvalue weighted by Gasteiger charge is 2.25. The van der Waals surface area contributed by atoms with Gasteiger partial charge in [-0.1, -0.05) is 11.3 Å². The molecule has 0 aliphatic carbocycles. The Labute approximate surface area is 122 Å². The summed E-state index contributed by atoms with van der Waals surface area (Å²) in [5.41, 5.74) is 0.175. The van der Waals surface area contributed by atoms with E-state index >= 15 is 0 Å². The fourth-order valence-corrected chi connectivity index (χ4v) is 3.05. The first-order valence-corrected chi connectivity index (χ1v) is 7.48. The van der Waals surface area contributed by atoms with E-state index in [2.05, 4.69) is 26.2 Å². The largest absolute Gasteiger partial charge is 0.461 e. The van der Waals surface area contributed by atoms with Crippen molar-refractivity contribution in [3.63, 3.8) is 0 Å². The lowest BCUT2D eigenvalue weighted by molar-refractivity contribution is -0.124. The van der Waals surface area contributed by atoms with Crippen molar-refractivity contribution >= 4 is 44.3 Å². The molecule has 0 aromatic carbocycles. The van der Waals surface area contributed by atoms with E-state index in [1.807, 2.05) is 0 Å². The number of anilines is 1. The van der Waals surface area contributed by atoms with Crippen molar-refractivity contribution in [2.24, 2.45) is 0 Å². The van der Waals surface area contributed by atoms with Gasteiger partial charge in [0.15, 0.2) is 10.8 Å². The van der Waals surface area contributed by atoms with Crippen molar-refractivity contribution in [2.75, 3.05) is 18.5 Å². The summed E-state index contributed by atoms with van der Waals surface area (Å²) in [6, 6.07) is 0. The highest BCUT2D eigenvalue weighted by molar-refractivity contribution is 9.11. The van der Waals surface area contributed by atoms with Crippen LogP contribution >= 0.6 is 27.3 Å². The SMILES string of the molecule is CCOC(=O)c1nc(NC(=O)[C@H]2CCCO2)sc1Br. The number of halogens is 1. The third-order valence-electron chi connectivity index (χ3n) is 2.51. The molecule has 1 N–H and O–H groups in total. The molecule has 1 aromatic rings. The number of ether oxygens (including phenoxy) is 2. The van der Waals surface area contributed by atoms with Crippen LogP contribution in [0.2, 0.25) is 0 Å². The Hall–Kier alpha value is -0.990. The minimum Gasteiger partial charge on any atom is -0.461 e. The number of carbonyl (C=O) groups is 2. The predicted octanol–water partition coefficient (Wildman–Crippen LogP) is 2.20. The van der Waals surface area contributed by atoms with E-state index in [0.717, 1.165) is 6.42 Å². The molecule has 1 saturated heterocycles. The minimum absolute atomic E-state index is 0.175. The molecule has 1 atom stereocenters. The number of hydrogen-bond acceptors (Lipinski definition) is 6. The van der Waals surface area contributed by atoms with E-state index in [9.17, 15) is 9.59 Å². The summed E-state index contributed by atoms with van der Waals surface area (Å²) in [5.74, 6) is -0.739. The lowest BCUT2D eigenvalue weighted by Crippen LogP contribution is -2.26. The Bertz CT molecular complexity index is 485. The van der Waals surface area contributed by atoms with Crippen molar-refractivity contribution < 1.29 is 19.1 Å². The number of thiazole rings is 1. The topological polar surface area (TPSA) is 77.5 Å². The Morgan fingerprint density at radius 3 is 3.05 bits per heavy atom. The van der Waals surface area contributed by atoms with Gasteiger partial charge in [0.25, 0.3) is 5.91 Å². The Morgan fingerprint density at radius 2 is 2.42 bits per heavy atom. The van der Waals surface area contributed by atoms with Crippen LogP contribution in [0.5, 0.6) is 0 Å². The quantitative estimate of drug-likeness (QED) is 0.844. The molecule has 6 nitrogen and oxygen atoms in total. The van der Waals surface area contributed by atoms with E-state index in [1.54, 1.807) is 6.92 Å². The molecule has 0 spiro atoms. The first-order valence-electron chi connectivity index (χ1n) is 5.87. The minimum atomic E-state index is -0.511. The van der Waals surface area contributed by atoms with Gasteiger partial charge in [0, 0.05) is 6.61 Å². The number of rotatable bonds is 4. The van der Waals surface area contributed by atoms with Gasteiger partial charge in [-0.3, -0.25) is 10.1 Å². The molecule has 2 heterocycles. The van der Waals surface area contributed by atoms with Gasteiger partial charge in [0.05, 0.1) is 6.61 Å². The number of esters is 1. The molecule has 1 fully saturated rings. The van der Waals surface area contributed by atoms with Gasteiger partial charge in [-0.05, 0) is 35.7 Å². The number of nitrogens with one attached hydrogen (secondary N) is 1. The Balaban J connectivity index is 2.03. The van der Waals surface area contributed by atoms with Crippen LogP contribution < -0.4 is 5.32 Å². The van der Waals surface area contributed by atoms with Gasteiger partial charge in [-0.25, -0.2) is 9.78 Å². The van der Waals surface area contributed by atoms with Gasteiger partial charge in [-0.2, -0.15) is 0 Å². The molecule has 0 bridgehead atoms. The van der Waals surface area contributed by atoms with Crippen molar-refractivity contribution in [3.8, 4) is 0 Å². The fourth-order valence-electron chi connectivity index (χ4n) is 1.65. The van der Waals surface area contributed by atoms with E-state index in [1.165, 1.54) is 11.3 Å². The smallest absolute Gasteiger partial charge is 0.359 e. The van der Waals surface area contributed by atoms with Crippen LogP contribution in [-0.4, -0.2) is 36.2 Å². The zero-order chi connectivity index (χ0) is 13.8. The highest BCUT2D eigenvalue weighted by atomic mass is 79.9. The van der Waals surface area contributed by atoms with Crippen LogP contribution in [0.1, 0.15) is 30.3 Å². The number of nitrogens with zero attached hydrogens (tertiary/aromatic N) is 1. The maximum absolute atomic E-state index is 11.8. The normalized spacial score (nSPS) is 18.3. The zero-order valence-corrected chi connectivity index (χ0v) is 12.7. The summed E-state index contributed by atoms with van der Waals surface area (Å²) in [4.78, 5) is 27.5. The van der Waals surface area contributed by atoms with Crippen LogP contribution in [-0.2, 0) is 14.3 Å². The molecule has 104 valence electrons. The molecule has 19 heavy (non-hydrogen) atoms. The molecular weight excluding hydrogens is 336 g/mol. The van der Waals surface area contributed by atoms with Crippen molar-refractivity contribution in [1.29, 1.82) is 0 Å².